The summed E-state index contributed by atoms with van der Waals surface area (Å²) < 4.78 is 33.1. The fraction of sp³-hybridized carbons (Fsp3) is 0.381. The van der Waals surface area contributed by atoms with Gasteiger partial charge >= 0.3 is 0 Å². The van der Waals surface area contributed by atoms with Gasteiger partial charge in [0.15, 0.2) is 11.6 Å². The van der Waals surface area contributed by atoms with Gasteiger partial charge in [0.25, 0.3) is 10.0 Å². The Morgan fingerprint density at radius 3 is 2.50 bits per heavy atom. The second-order valence-corrected chi connectivity index (χ2v) is 9.34. The van der Waals surface area contributed by atoms with Gasteiger partial charge in [-0.15, -0.1) is 5.10 Å². The van der Waals surface area contributed by atoms with Crippen molar-refractivity contribution in [3.05, 3.63) is 53.5 Å². The molecule has 1 aliphatic carbocycles. The lowest BCUT2D eigenvalue weighted by atomic mass is 10.0. The summed E-state index contributed by atoms with van der Waals surface area (Å²) in [5, 5.41) is 7.54. The molecule has 1 fully saturated rings. The largest absolute Gasteiger partial charge is 0.480 e. The highest BCUT2D eigenvalue weighted by Crippen LogP contribution is 2.37. The van der Waals surface area contributed by atoms with Gasteiger partial charge in [0.2, 0.25) is 5.88 Å². The second kappa shape index (κ2) is 8.06. The lowest BCUT2D eigenvalue weighted by molar-refractivity contribution is 0.396. The maximum Gasteiger partial charge on any atom is 0.283 e. The van der Waals surface area contributed by atoms with Crippen molar-refractivity contribution in [2.24, 2.45) is 0 Å². The fourth-order valence-corrected chi connectivity index (χ4v) is 5.06. The van der Waals surface area contributed by atoms with Gasteiger partial charge < -0.3 is 10.1 Å². The second-order valence-electron chi connectivity index (χ2n) is 7.57. The molecule has 1 saturated carbocycles. The molecule has 0 unspecified atom stereocenters. The number of nitrogens with zero attached hydrogens (tertiary/aromatic N) is 4. The third-order valence-electron chi connectivity index (χ3n) is 5.41. The Bertz CT molecular complexity index is 1150. The Morgan fingerprint density at radius 1 is 1.13 bits per heavy atom. The zero-order valence-electron chi connectivity index (χ0n) is 17.3. The average Bonchev–Trinajstić information content (AvgIpc) is 3.40. The maximum atomic E-state index is 13.4. The summed E-state index contributed by atoms with van der Waals surface area (Å²) >= 11 is 0. The highest BCUT2D eigenvalue weighted by molar-refractivity contribution is 7.89. The van der Waals surface area contributed by atoms with Crippen LogP contribution in [0.2, 0.25) is 0 Å². The number of rotatable bonds is 6. The topological polar surface area (TPSA) is 99.0 Å². The molecule has 0 aliphatic heterocycles. The van der Waals surface area contributed by atoms with E-state index in [1.807, 2.05) is 19.9 Å². The van der Waals surface area contributed by atoms with E-state index in [2.05, 4.69) is 20.4 Å². The quantitative estimate of drug-likeness (QED) is 0.636. The molecule has 30 heavy (non-hydrogen) atoms. The van der Waals surface area contributed by atoms with Crippen LogP contribution in [0, 0.1) is 13.8 Å². The standard InChI is InChI=1S/C21H25N5O3S/c1-14-8-10-17(11-9-14)30(27,28)26-18(16-6-4-5-7-16)12-19(25-26)23-21-15(2)22-13-20(24-21)29-3/h8-13,16H,4-7H2,1-3H3,(H,23,24,25). The molecule has 2 heterocycles. The van der Waals surface area contributed by atoms with Crippen LogP contribution in [0.25, 0.3) is 0 Å². The van der Waals surface area contributed by atoms with Crippen LogP contribution in [0.5, 0.6) is 5.88 Å². The number of aromatic nitrogens is 4. The number of methoxy groups -OCH3 is 1. The van der Waals surface area contributed by atoms with Gasteiger partial charge in [0, 0.05) is 12.0 Å². The van der Waals surface area contributed by atoms with Crippen molar-refractivity contribution in [2.45, 2.75) is 50.3 Å². The van der Waals surface area contributed by atoms with E-state index in [1.165, 1.54) is 17.4 Å². The number of anilines is 2. The molecular weight excluding hydrogens is 402 g/mol. The first-order chi connectivity index (χ1) is 14.4. The van der Waals surface area contributed by atoms with Crippen LogP contribution in [0.1, 0.15) is 48.6 Å². The molecular formula is C21H25N5O3S. The van der Waals surface area contributed by atoms with Crippen LogP contribution in [-0.4, -0.2) is 34.7 Å². The molecule has 0 atom stereocenters. The molecule has 0 radical (unpaired) electrons. The number of aryl methyl sites for hydroxylation is 2. The zero-order chi connectivity index (χ0) is 21.3. The number of benzene rings is 1. The average molecular weight is 428 g/mol. The van der Waals surface area contributed by atoms with E-state index >= 15 is 0 Å². The van der Waals surface area contributed by atoms with Gasteiger partial charge in [-0.2, -0.15) is 17.5 Å². The van der Waals surface area contributed by atoms with E-state index in [0.29, 0.717) is 28.9 Å². The minimum absolute atomic E-state index is 0.158. The van der Waals surface area contributed by atoms with Gasteiger partial charge in [-0.05, 0) is 38.8 Å². The predicted molar refractivity (Wildman–Crippen MR) is 114 cm³/mol. The molecule has 158 valence electrons. The summed E-state index contributed by atoms with van der Waals surface area (Å²) in [6.45, 7) is 3.74. The SMILES string of the molecule is COc1cnc(C)c(Nc2cc(C3CCCC3)n(S(=O)(=O)c3ccc(C)cc3)n2)n1. The maximum absolute atomic E-state index is 13.4. The lowest BCUT2D eigenvalue weighted by Gasteiger charge is -2.13. The molecule has 8 nitrogen and oxygen atoms in total. The Balaban J connectivity index is 1.76. The molecule has 2 aromatic heterocycles. The number of ether oxygens (including phenoxy) is 1. The molecule has 0 saturated heterocycles. The summed E-state index contributed by atoms with van der Waals surface area (Å²) in [6, 6.07) is 8.63. The first kappa shape index (κ1) is 20.3. The van der Waals surface area contributed by atoms with Gasteiger partial charge in [-0.3, -0.25) is 4.98 Å². The van der Waals surface area contributed by atoms with Crippen LogP contribution in [0.15, 0.2) is 41.4 Å². The van der Waals surface area contributed by atoms with Crippen molar-refractivity contribution < 1.29 is 13.2 Å². The van der Waals surface area contributed by atoms with Crippen molar-refractivity contribution in [1.29, 1.82) is 0 Å². The van der Waals surface area contributed by atoms with Crippen LogP contribution >= 0.6 is 0 Å². The molecule has 0 spiro atoms. The van der Waals surface area contributed by atoms with Crippen molar-refractivity contribution in [3.63, 3.8) is 0 Å². The highest BCUT2D eigenvalue weighted by Gasteiger charge is 2.29. The molecule has 0 amide bonds. The van der Waals surface area contributed by atoms with Crippen molar-refractivity contribution in [2.75, 3.05) is 12.4 Å². The van der Waals surface area contributed by atoms with Crippen LogP contribution < -0.4 is 10.1 Å². The normalized spacial score (nSPS) is 14.8. The molecule has 1 N–H and O–H groups in total. The van der Waals surface area contributed by atoms with Crippen molar-refractivity contribution in [3.8, 4) is 5.88 Å². The third kappa shape index (κ3) is 3.89. The first-order valence-corrected chi connectivity index (χ1v) is 11.4. The van der Waals surface area contributed by atoms with Gasteiger partial charge in [0.1, 0.15) is 0 Å². The molecule has 1 aromatic carbocycles. The fourth-order valence-electron chi connectivity index (χ4n) is 3.71. The van der Waals surface area contributed by atoms with E-state index in [0.717, 1.165) is 31.2 Å². The number of nitrogens with one attached hydrogen (secondary N) is 1. The minimum Gasteiger partial charge on any atom is -0.480 e. The van der Waals surface area contributed by atoms with Crippen LogP contribution in [0.3, 0.4) is 0 Å². The summed E-state index contributed by atoms with van der Waals surface area (Å²) in [5.41, 5.74) is 2.36. The first-order valence-electron chi connectivity index (χ1n) is 9.95. The Kier molecular flexibility index (Phi) is 5.46. The monoisotopic (exact) mass is 427 g/mol. The summed E-state index contributed by atoms with van der Waals surface area (Å²) in [6.07, 6.45) is 5.61. The lowest BCUT2D eigenvalue weighted by Crippen LogP contribution is -2.18. The van der Waals surface area contributed by atoms with Crippen molar-refractivity contribution >= 4 is 21.7 Å². The Morgan fingerprint density at radius 2 is 1.83 bits per heavy atom. The van der Waals surface area contributed by atoms with Crippen LogP contribution in [0.4, 0.5) is 11.6 Å². The van der Waals surface area contributed by atoms with E-state index in [4.69, 9.17) is 4.74 Å². The Hall–Kier alpha value is -2.94. The van der Waals surface area contributed by atoms with Gasteiger partial charge in [-0.25, -0.2) is 0 Å². The summed E-state index contributed by atoms with van der Waals surface area (Å²) in [7, 11) is -2.30. The number of hydrogen-bond donors (Lipinski definition) is 1. The minimum atomic E-state index is -3.81. The number of hydrogen-bond acceptors (Lipinski definition) is 7. The van der Waals surface area contributed by atoms with Crippen LogP contribution in [-0.2, 0) is 10.0 Å². The zero-order valence-corrected chi connectivity index (χ0v) is 18.1. The smallest absolute Gasteiger partial charge is 0.283 e. The van der Waals surface area contributed by atoms with E-state index in [1.54, 1.807) is 24.3 Å². The molecule has 4 rings (SSSR count). The highest BCUT2D eigenvalue weighted by atomic mass is 32.2. The van der Waals surface area contributed by atoms with E-state index in [9.17, 15) is 8.42 Å². The van der Waals surface area contributed by atoms with E-state index < -0.39 is 10.0 Å². The molecule has 1 aliphatic rings. The molecule has 9 heteroatoms. The van der Waals surface area contributed by atoms with Crippen molar-refractivity contribution in [1.82, 2.24) is 19.2 Å². The van der Waals surface area contributed by atoms with Gasteiger partial charge in [0.05, 0.1) is 29.6 Å². The molecule has 3 aromatic rings. The third-order valence-corrected chi connectivity index (χ3v) is 7.03. The predicted octanol–water partition coefficient (Wildman–Crippen LogP) is 3.94. The summed E-state index contributed by atoms with van der Waals surface area (Å²) in [4.78, 5) is 8.83. The summed E-state index contributed by atoms with van der Waals surface area (Å²) in [5.74, 6) is 1.42. The van der Waals surface area contributed by atoms with Gasteiger partial charge in [-0.1, -0.05) is 30.5 Å². The van der Waals surface area contributed by atoms with E-state index in [-0.39, 0.29) is 10.8 Å². The molecule has 0 bridgehead atoms. The Labute approximate surface area is 176 Å².